The molecule has 6 nitrogen and oxygen atoms in total. The Balaban J connectivity index is 1.65. The Morgan fingerprint density at radius 2 is 1.90 bits per heavy atom. The van der Waals surface area contributed by atoms with Crippen LogP contribution in [0.1, 0.15) is 33.1 Å². The van der Waals surface area contributed by atoms with E-state index >= 15 is 0 Å². The first-order valence-corrected chi connectivity index (χ1v) is 9.85. The first-order chi connectivity index (χ1) is 14.0. The van der Waals surface area contributed by atoms with Crippen LogP contribution < -0.4 is 0 Å². The number of hydrogen-bond donors (Lipinski definition) is 1. The first-order valence-electron chi connectivity index (χ1n) is 9.44. The van der Waals surface area contributed by atoms with Crippen LogP contribution >= 0.6 is 12.2 Å². The molecule has 1 N–H and O–H groups in total. The molecule has 29 heavy (non-hydrogen) atoms. The Hall–Kier alpha value is -3.19. The lowest BCUT2D eigenvalue weighted by molar-refractivity contribution is -0.130. The second kappa shape index (κ2) is 6.42. The SMILES string of the molecule is CN1C(=O)[C@H]2CN(Cc3c2c2ccccc2n3Cc2ccc(C(=O)O)cc2)C1=S. The number of rotatable bonds is 3. The second-order valence-electron chi connectivity index (χ2n) is 7.58. The third-order valence-electron chi connectivity index (χ3n) is 5.94. The number of likely N-dealkylation sites (N-methyl/N-ethyl adjacent to an activating group) is 1. The fourth-order valence-corrected chi connectivity index (χ4v) is 4.73. The minimum atomic E-state index is -0.933. The molecular weight excluding hydrogens is 386 g/mol. The van der Waals surface area contributed by atoms with Gasteiger partial charge >= 0.3 is 5.97 Å². The summed E-state index contributed by atoms with van der Waals surface area (Å²) in [5.74, 6) is -1.12. The third-order valence-corrected chi connectivity index (χ3v) is 6.47. The molecule has 1 aromatic heterocycles. The molecule has 0 radical (unpaired) electrons. The van der Waals surface area contributed by atoms with E-state index in [0.717, 1.165) is 27.7 Å². The molecule has 0 saturated carbocycles. The van der Waals surface area contributed by atoms with Gasteiger partial charge in [-0.05, 0) is 41.5 Å². The zero-order valence-corrected chi connectivity index (χ0v) is 16.6. The molecule has 3 aromatic rings. The van der Waals surface area contributed by atoms with Crippen molar-refractivity contribution >= 4 is 40.1 Å². The normalized spacial score (nSPS) is 18.3. The molecule has 2 aromatic carbocycles. The Labute approximate surface area is 172 Å². The molecule has 1 amide bonds. The zero-order valence-electron chi connectivity index (χ0n) is 15.8. The monoisotopic (exact) mass is 405 g/mol. The second-order valence-corrected chi connectivity index (χ2v) is 7.94. The van der Waals surface area contributed by atoms with Crippen LogP contribution in [-0.2, 0) is 17.9 Å². The van der Waals surface area contributed by atoms with E-state index in [1.165, 1.54) is 0 Å². The standard InChI is InChI=1S/C22H19N3O3S/c1-23-20(26)16-11-24(22(23)29)12-18-19(16)15-4-2-3-5-17(15)25(18)10-13-6-8-14(9-7-13)21(27)28/h2-9,16H,10-12H2,1H3,(H,27,28)/t16-/m0/s1. The van der Waals surface area contributed by atoms with Crippen LogP contribution in [0.2, 0.25) is 0 Å². The van der Waals surface area contributed by atoms with E-state index in [0.29, 0.717) is 24.7 Å². The van der Waals surface area contributed by atoms with Crippen molar-refractivity contribution in [1.82, 2.24) is 14.4 Å². The van der Waals surface area contributed by atoms with E-state index in [-0.39, 0.29) is 17.4 Å². The molecular formula is C22H19N3O3S. The molecule has 0 aliphatic carbocycles. The van der Waals surface area contributed by atoms with Crippen LogP contribution in [-0.4, -0.2) is 50.1 Å². The van der Waals surface area contributed by atoms with Crippen LogP contribution in [0, 0.1) is 0 Å². The summed E-state index contributed by atoms with van der Waals surface area (Å²) in [5, 5.41) is 10.8. The van der Waals surface area contributed by atoms with Gasteiger partial charge in [0, 0.05) is 36.7 Å². The number of carboxylic acid groups (broad SMARTS) is 1. The molecule has 1 fully saturated rings. The predicted molar refractivity (Wildman–Crippen MR) is 113 cm³/mol. The molecule has 2 aliphatic heterocycles. The summed E-state index contributed by atoms with van der Waals surface area (Å²) in [6.07, 6.45) is 0. The number of carbonyl (C=O) groups excluding carboxylic acids is 1. The lowest BCUT2D eigenvalue weighted by Gasteiger charge is -2.43. The Morgan fingerprint density at radius 1 is 1.17 bits per heavy atom. The van der Waals surface area contributed by atoms with Gasteiger partial charge in [0.15, 0.2) is 5.11 Å². The number of thiocarbonyl (C=S) groups is 1. The summed E-state index contributed by atoms with van der Waals surface area (Å²) >= 11 is 5.50. The van der Waals surface area contributed by atoms with E-state index in [2.05, 4.69) is 21.6 Å². The van der Waals surface area contributed by atoms with Crippen LogP contribution in [0.25, 0.3) is 10.9 Å². The fraction of sp³-hybridized carbons (Fsp3) is 0.227. The summed E-state index contributed by atoms with van der Waals surface area (Å²) in [6.45, 7) is 1.88. The maximum Gasteiger partial charge on any atom is 0.335 e. The number of aromatic carboxylic acids is 1. The molecule has 146 valence electrons. The van der Waals surface area contributed by atoms with Gasteiger partial charge in [0.1, 0.15) is 0 Å². The highest BCUT2D eigenvalue weighted by Crippen LogP contribution is 2.40. The summed E-state index contributed by atoms with van der Waals surface area (Å²) in [5.41, 5.74) is 4.56. The highest BCUT2D eigenvalue weighted by atomic mass is 32.1. The Kier molecular flexibility index (Phi) is 3.96. The van der Waals surface area contributed by atoms with Gasteiger partial charge in [-0.2, -0.15) is 0 Å². The van der Waals surface area contributed by atoms with Crippen molar-refractivity contribution in [2.24, 2.45) is 0 Å². The van der Waals surface area contributed by atoms with E-state index in [9.17, 15) is 9.59 Å². The van der Waals surface area contributed by atoms with Crippen LogP contribution in [0.3, 0.4) is 0 Å². The molecule has 7 heteroatoms. The quantitative estimate of drug-likeness (QED) is 0.679. The van der Waals surface area contributed by atoms with Gasteiger partial charge in [0.2, 0.25) is 5.91 Å². The number of para-hydroxylation sites is 1. The third kappa shape index (κ3) is 2.65. The van der Waals surface area contributed by atoms with Crippen LogP contribution in [0.4, 0.5) is 0 Å². The van der Waals surface area contributed by atoms with Gasteiger partial charge in [-0.15, -0.1) is 0 Å². The van der Waals surface area contributed by atoms with Gasteiger partial charge in [-0.1, -0.05) is 30.3 Å². The van der Waals surface area contributed by atoms with Crippen molar-refractivity contribution in [2.75, 3.05) is 13.6 Å². The van der Waals surface area contributed by atoms with Crippen LogP contribution in [0.15, 0.2) is 48.5 Å². The van der Waals surface area contributed by atoms with Gasteiger partial charge in [0.25, 0.3) is 0 Å². The van der Waals surface area contributed by atoms with Crippen molar-refractivity contribution in [3.8, 4) is 0 Å². The smallest absolute Gasteiger partial charge is 0.335 e. The number of aromatic nitrogens is 1. The van der Waals surface area contributed by atoms with Crippen molar-refractivity contribution in [2.45, 2.75) is 19.0 Å². The molecule has 2 aliphatic rings. The summed E-state index contributed by atoms with van der Waals surface area (Å²) in [6, 6.07) is 15.1. The maximum atomic E-state index is 13.0. The number of carboxylic acids is 1. The topological polar surface area (TPSA) is 65.8 Å². The number of carbonyl (C=O) groups is 2. The summed E-state index contributed by atoms with van der Waals surface area (Å²) < 4.78 is 2.24. The lowest BCUT2D eigenvalue weighted by Crippen LogP contribution is -2.56. The van der Waals surface area contributed by atoms with Crippen molar-refractivity contribution in [1.29, 1.82) is 0 Å². The van der Waals surface area contributed by atoms with E-state index < -0.39 is 5.97 Å². The Morgan fingerprint density at radius 3 is 2.62 bits per heavy atom. The molecule has 1 saturated heterocycles. The molecule has 0 unspecified atom stereocenters. The van der Waals surface area contributed by atoms with Crippen molar-refractivity contribution < 1.29 is 14.7 Å². The number of benzene rings is 2. The molecule has 0 spiro atoms. The summed E-state index contributed by atoms with van der Waals surface area (Å²) in [7, 11) is 1.75. The Bertz CT molecular complexity index is 1180. The molecule has 2 bridgehead atoms. The van der Waals surface area contributed by atoms with E-state index in [1.54, 1.807) is 24.1 Å². The number of amides is 1. The minimum absolute atomic E-state index is 0.0425. The van der Waals surface area contributed by atoms with E-state index in [1.807, 2.05) is 24.3 Å². The summed E-state index contributed by atoms with van der Waals surface area (Å²) in [4.78, 5) is 27.8. The highest BCUT2D eigenvalue weighted by molar-refractivity contribution is 7.80. The van der Waals surface area contributed by atoms with Crippen molar-refractivity contribution in [3.63, 3.8) is 0 Å². The molecule has 3 heterocycles. The molecule has 5 rings (SSSR count). The average Bonchev–Trinajstić information content (AvgIpc) is 3.04. The van der Waals surface area contributed by atoms with Gasteiger partial charge in [-0.25, -0.2) is 4.79 Å². The van der Waals surface area contributed by atoms with Gasteiger partial charge < -0.3 is 14.6 Å². The average molecular weight is 405 g/mol. The number of nitrogens with zero attached hydrogens (tertiary/aromatic N) is 3. The lowest BCUT2D eigenvalue weighted by atomic mass is 9.89. The zero-order chi connectivity index (χ0) is 20.3. The van der Waals surface area contributed by atoms with Crippen LogP contribution in [0.5, 0.6) is 0 Å². The fourth-order valence-electron chi connectivity index (χ4n) is 4.50. The van der Waals surface area contributed by atoms with E-state index in [4.69, 9.17) is 17.3 Å². The number of fused-ring (bicyclic) bond motifs is 6. The predicted octanol–water partition coefficient (Wildman–Crippen LogP) is 3.04. The largest absolute Gasteiger partial charge is 0.478 e. The number of hydrogen-bond acceptors (Lipinski definition) is 3. The maximum absolute atomic E-state index is 13.0. The van der Waals surface area contributed by atoms with Gasteiger partial charge in [0.05, 0.1) is 18.0 Å². The van der Waals surface area contributed by atoms with Crippen molar-refractivity contribution in [3.05, 3.63) is 70.9 Å². The van der Waals surface area contributed by atoms with Gasteiger partial charge in [-0.3, -0.25) is 9.69 Å². The molecule has 1 atom stereocenters. The minimum Gasteiger partial charge on any atom is -0.478 e. The highest BCUT2D eigenvalue weighted by Gasteiger charge is 2.42. The first kappa shape index (κ1) is 17.9.